The highest BCUT2D eigenvalue weighted by Gasteiger charge is 2.34. The Morgan fingerprint density at radius 2 is 1.93 bits per heavy atom. The molecule has 5 nitrogen and oxygen atoms in total. The lowest BCUT2D eigenvalue weighted by molar-refractivity contribution is -0.134. The van der Waals surface area contributed by atoms with Crippen LogP contribution in [-0.4, -0.2) is 36.3 Å². The molecule has 0 saturated carbocycles. The number of carbonyl (C=O) groups is 2. The number of nitriles is 1. The molecule has 0 spiro atoms. The Morgan fingerprint density at radius 3 is 2.71 bits per heavy atom. The van der Waals surface area contributed by atoms with E-state index in [-0.39, 0.29) is 17.7 Å². The molecule has 2 aliphatic rings. The molecule has 2 aliphatic heterocycles. The molecule has 2 amide bonds. The van der Waals surface area contributed by atoms with Crippen LogP contribution < -0.4 is 4.90 Å². The topological polar surface area (TPSA) is 64.4 Å². The van der Waals surface area contributed by atoms with Gasteiger partial charge in [0, 0.05) is 25.3 Å². The molecule has 142 valence electrons. The Kier molecular flexibility index (Phi) is 5.12. The SMILES string of the molecule is N#Cc1ccc2c(c1)N(C(=O)C1CCCN(C(=O)Cc3ccccc3)C1)CC2. The zero-order valence-electron chi connectivity index (χ0n) is 15.8. The summed E-state index contributed by atoms with van der Waals surface area (Å²) in [5.74, 6) is -0.0199. The second kappa shape index (κ2) is 7.85. The van der Waals surface area contributed by atoms with E-state index in [0.717, 1.165) is 36.1 Å². The molecule has 0 aromatic heterocycles. The minimum Gasteiger partial charge on any atom is -0.342 e. The van der Waals surface area contributed by atoms with Gasteiger partial charge in [0.05, 0.1) is 24.0 Å². The average molecular weight is 373 g/mol. The van der Waals surface area contributed by atoms with Gasteiger partial charge in [-0.15, -0.1) is 0 Å². The van der Waals surface area contributed by atoms with Crippen molar-refractivity contribution in [3.05, 3.63) is 65.2 Å². The van der Waals surface area contributed by atoms with Gasteiger partial charge in [-0.05, 0) is 42.5 Å². The van der Waals surface area contributed by atoms with E-state index in [1.54, 1.807) is 12.1 Å². The summed E-state index contributed by atoms with van der Waals surface area (Å²) in [5, 5.41) is 9.16. The number of hydrogen-bond acceptors (Lipinski definition) is 3. The molecule has 2 aromatic rings. The van der Waals surface area contributed by atoms with E-state index in [0.29, 0.717) is 31.6 Å². The van der Waals surface area contributed by atoms with Gasteiger partial charge in [0.25, 0.3) is 0 Å². The van der Waals surface area contributed by atoms with E-state index >= 15 is 0 Å². The van der Waals surface area contributed by atoms with E-state index in [1.807, 2.05) is 46.2 Å². The van der Waals surface area contributed by atoms with Gasteiger partial charge < -0.3 is 9.80 Å². The molecule has 0 aliphatic carbocycles. The fourth-order valence-electron chi connectivity index (χ4n) is 4.19. The summed E-state index contributed by atoms with van der Waals surface area (Å²) >= 11 is 0. The van der Waals surface area contributed by atoms with Gasteiger partial charge in [0.15, 0.2) is 0 Å². The van der Waals surface area contributed by atoms with Crippen molar-refractivity contribution in [3.63, 3.8) is 0 Å². The second-order valence-corrected chi connectivity index (χ2v) is 7.54. The summed E-state index contributed by atoms with van der Waals surface area (Å²) in [7, 11) is 0. The molecule has 2 heterocycles. The van der Waals surface area contributed by atoms with Crippen LogP contribution >= 0.6 is 0 Å². The predicted molar refractivity (Wildman–Crippen MR) is 107 cm³/mol. The van der Waals surface area contributed by atoms with Crippen LogP contribution in [0.2, 0.25) is 0 Å². The van der Waals surface area contributed by atoms with Crippen molar-refractivity contribution in [1.29, 1.82) is 5.26 Å². The molecule has 0 bridgehead atoms. The Hall–Kier alpha value is -3.13. The van der Waals surface area contributed by atoms with Gasteiger partial charge in [0.2, 0.25) is 11.8 Å². The van der Waals surface area contributed by atoms with Gasteiger partial charge >= 0.3 is 0 Å². The third kappa shape index (κ3) is 3.63. The van der Waals surface area contributed by atoms with Crippen LogP contribution in [0.15, 0.2) is 48.5 Å². The van der Waals surface area contributed by atoms with Crippen LogP contribution in [0.3, 0.4) is 0 Å². The van der Waals surface area contributed by atoms with Crippen molar-refractivity contribution in [3.8, 4) is 6.07 Å². The first-order valence-electron chi connectivity index (χ1n) is 9.82. The van der Waals surface area contributed by atoms with E-state index in [1.165, 1.54) is 0 Å². The number of amides is 2. The molecule has 5 heteroatoms. The monoisotopic (exact) mass is 373 g/mol. The summed E-state index contributed by atoms with van der Waals surface area (Å²) in [5.41, 5.74) is 3.54. The number of likely N-dealkylation sites (tertiary alicyclic amines) is 1. The lowest BCUT2D eigenvalue weighted by Crippen LogP contribution is -2.47. The smallest absolute Gasteiger partial charge is 0.231 e. The van der Waals surface area contributed by atoms with Gasteiger partial charge in [-0.2, -0.15) is 5.26 Å². The van der Waals surface area contributed by atoms with Gasteiger partial charge in [0.1, 0.15) is 0 Å². The molecule has 2 aromatic carbocycles. The molecule has 0 radical (unpaired) electrons. The number of nitrogens with zero attached hydrogens (tertiary/aromatic N) is 3. The number of hydrogen-bond donors (Lipinski definition) is 0. The molecule has 1 fully saturated rings. The molecule has 1 saturated heterocycles. The van der Waals surface area contributed by atoms with Crippen molar-refractivity contribution >= 4 is 17.5 Å². The predicted octanol–water partition coefficient (Wildman–Crippen LogP) is 2.93. The molecular formula is C23H23N3O2. The normalized spacial score (nSPS) is 18.5. The van der Waals surface area contributed by atoms with Crippen LogP contribution in [-0.2, 0) is 22.4 Å². The van der Waals surface area contributed by atoms with E-state index in [4.69, 9.17) is 5.26 Å². The lowest BCUT2D eigenvalue weighted by atomic mass is 9.95. The summed E-state index contributed by atoms with van der Waals surface area (Å²) < 4.78 is 0. The van der Waals surface area contributed by atoms with Crippen molar-refractivity contribution in [1.82, 2.24) is 4.90 Å². The minimum atomic E-state index is -0.176. The highest BCUT2D eigenvalue weighted by atomic mass is 16.2. The number of anilines is 1. The number of benzene rings is 2. The zero-order chi connectivity index (χ0) is 19.5. The van der Waals surface area contributed by atoms with Crippen LogP contribution in [0.1, 0.15) is 29.5 Å². The summed E-state index contributed by atoms with van der Waals surface area (Å²) in [4.78, 5) is 29.5. The van der Waals surface area contributed by atoms with Crippen molar-refractivity contribution < 1.29 is 9.59 Å². The standard InChI is InChI=1S/C23H23N3O2/c24-15-18-8-9-19-10-12-26(21(19)13-18)23(28)20-7-4-11-25(16-20)22(27)14-17-5-2-1-3-6-17/h1-3,5-6,8-9,13,20H,4,7,10-12,14,16H2. The number of piperidine rings is 1. The maximum Gasteiger partial charge on any atom is 0.231 e. The first-order chi connectivity index (χ1) is 13.7. The van der Waals surface area contributed by atoms with Crippen LogP contribution in [0, 0.1) is 17.2 Å². The summed E-state index contributed by atoms with van der Waals surface area (Å²) in [6, 6.07) is 17.4. The minimum absolute atomic E-state index is 0.0750. The number of carbonyl (C=O) groups excluding carboxylic acids is 2. The van der Waals surface area contributed by atoms with E-state index in [9.17, 15) is 9.59 Å². The highest BCUT2D eigenvalue weighted by molar-refractivity contribution is 5.97. The first kappa shape index (κ1) is 18.2. The summed E-state index contributed by atoms with van der Waals surface area (Å²) in [6.07, 6.45) is 2.84. The maximum absolute atomic E-state index is 13.2. The number of fused-ring (bicyclic) bond motifs is 1. The highest BCUT2D eigenvalue weighted by Crippen LogP contribution is 2.32. The van der Waals surface area contributed by atoms with Crippen molar-refractivity contribution in [2.45, 2.75) is 25.7 Å². The Balaban J connectivity index is 1.45. The molecule has 1 unspecified atom stereocenters. The Morgan fingerprint density at radius 1 is 1.11 bits per heavy atom. The van der Waals surface area contributed by atoms with Crippen molar-refractivity contribution in [2.24, 2.45) is 5.92 Å². The van der Waals surface area contributed by atoms with E-state index < -0.39 is 0 Å². The molecule has 1 atom stereocenters. The largest absolute Gasteiger partial charge is 0.342 e. The van der Waals surface area contributed by atoms with Crippen molar-refractivity contribution in [2.75, 3.05) is 24.5 Å². The second-order valence-electron chi connectivity index (χ2n) is 7.54. The molecule has 0 N–H and O–H groups in total. The van der Waals surface area contributed by atoms with Gasteiger partial charge in [-0.3, -0.25) is 9.59 Å². The van der Waals surface area contributed by atoms with Gasteiger partial charge in [-0.1, -0.05) is 36.4 Å². The third-order valence-corrected chi connectivity index (χ3v) is 5.70. The average Bonchev–Trinajstić information content (AvgIpc) is 3.17. The fraction of sp³-hybridized carbons (Fsp3) is 0.348. The fourth-order valence-corrected chi connectivity index (χ4v) is 4.19. The number of rotatable bonds is 3. The lowest BCUT2D eigenvalue weighted by Gasteiger charge is -2.34. The Labute approximate surface area is 165 Å². The Bertz CT molecular complexity index is 933. The first-order valence-corrected chi connectivity index (χ1v) is 9.82. The van der Waals surface area contributed by atoms with Crippen LogP contribution in [0.4, 0.5) is 5.69 Å². The van der Waals surface area contributed by atoms with Crippen LogP contribution in [0.5, 0.6) is 0 Å². The summed E-state index contributed by atoms with van der Waals surface area (Å²) in [6.45, 7) is 1.84. The molecule has 28 heavy (non-hydrogen) atoms. The van der Waals surface area contributed by atoms with E-state index in [2.05, 4.69) is 6.07 Å². The van der Waals surface area contributed by atoms with Gasteiger partial charge in [-0.25, -0.2) is 0 Å². The maximum atomic E-state index is 13.2. The quantitative estimate of drug-likeness (QED) is 0.831. The zero-order valence-corrected chi connectivity index (χ0v) is 15.8. The molecular weight excluding hydrogens is 350 g/mol. The molecule has 4 rings (SSSR count). The van der Waals surface area contributed by atoms with Crippen LogP contribution in [0.25, 0.3) is 0 Å². The third-order valence-electron chi connectivity index (χ3n) is 5.70.